The molecule has 1 amide bonds. The van der Waals surface area contributed by atoms with Gasteiger partial charge in [0.05, 0.1) is 33.1 Å². The van der Waals surface area contributed by atoms with Gasteiger partial charge in [-0.2, -0.15) is 0 Å². The van der Waals surface area contributed by atoms with Gasteiger partial charge < -0.3 is 9.84 Å². The first-order valence-corrected chi connectivity index (χ1v) is 11.8. The Labute approximate surface area is 208 Å². The number of halogens is 2. The number of hydrogen-bond acceptors (Lipinski definition) is 7. The first kappa shape index (κ1) is 22.9. The van der Waals surface area contributed by atoms with Gasteiger partial charge in [-0.1, -0.05) is 41.1 Å². The topological polar surface area (TPSA) is 92.6 Å². The highest BCUT2D eigenvalue weighted by molar-refractivity contribution is 7.22. The Morgan fingerprint density at radius 3 is 2.77 bits per heavy atom. The third-order valence-electron chi connectivity index (χ3n) is 5.46. The van der Waals surface area contributed by atoms with Crippen molar-refractivity contribution in [2.24, 2.45) is 0 Å². The minimum Gasteiger partial charge on any atom is -0.507 e. The number of aliphatic hydroxyl groups is 1. The van der Waals surface area contributed by atoms with E-state index in [1.54, 1.807) is 42.5 Å². The Morgan fingerprint density at radius 2 is 2.03 bits per heavy atom. The van der Waals surface area contributed by atoms with Crippen molar-refractivity contribution in [1.82, 2.24) is 9.97 Å². The molecular weight excluding hydrogens is 493 g/mol. The van der Waals surface area contributed by atoms with Gasteiger partial charge in [0.15, 0.2) is 5.13 Å². The lowest BCUT2D eigenvalue weighted by Gasteiger charge is -2.22. The van der Waals surface area contributed by atoms with Crippen molar-refractivity contribution < 1.29 is 23.8 Å². The molecule has 7 nitrogen and oxygen atoms in total. The van der Waals surface area contributed by atoms with E-state index in [2.05, 4.69) is 9.97 Å². The fraction of sp³-hybridized carbons (Fsp3) is 0.120. The quantitative estimate of drug-likeness (QED) is 0.217. The average molecular weight is 510 g/mol. The fourth-order valence-corrected chi connectivity index (χ4v) is 5.07. The van der Waals surface area contributed by atoms with E-state index in [4.69, 9.17) is 16.3 Å². The number of carbonyl (C=O) groups is 2. The number of aliphatic hydroxyl groups excluding tert-OH is 1. The number of aromatic nitrogens is 2. The zero-order chi connectivity index (χ0) is 24.7. The summed E-state index contributed by atoms with van der Waals surface area (Å²) in [6.45, 7) is 2.25. The summed E-state index contributed by atoms with van der Waals surface area (Å²) in [4.78, 5) is 36.5. The van der Waals surface area contributed by atoms with Crippen molar-refractivity contribution >= 4 is 55.7 Å². The molecular formula is C25H17ClFN3O4S. The molecule has 0 aliphatic carbocycles. The molecule has 1 N–H and O–H groups in total. The molecule has 5 rings (SSSR count). The monoisotopic (exact) mass is 509 g/mol. The third kappa shape index (κ3) is 4.02. The van der Waals surface area contributed by atoms with Gasteiger partial charge in [-0.15, -0.1) is 0 Å². The highest BCUT2D eigenvalue weighted by Crippen LogP contribution is 2.44. The lowest BCUT2D eigenvalue weighted by molar-refractivity contribution is -0.132. The van der Waals surface area contributed by atoms with E-state index in [0.29, 0.717) is 33.8 Å². The van der Waals surface area contributed by atoms with Crippen molar-refractivity contribution in [3.05, 3.63) is 88.5 Å². The summed E-state index contributed by atoms with van der Waals surface area (Å²) in [6, 6.07) is 13.2. The molecule has 4 aromatic rings. The minimum absolute atomic E-state index is 0.105. The summed E-state index contributed by atoms with van der Waals surface area (Å²) in [7, 11) is 0. The van der Waals surface area contributed by atoms with Crippen LogP contribution in [-0.4, -0.2) is 33.4 Å². The second kappa shape index (κ2) is 9.09. The molecule has 0 radical (unpaired) electrons. The van der Waals surface area contributed by atoms with Crippen LogP contribution in [0.5, 0.6) is 5.75 Å². The van der Waals surface area contributed by atoms with Gasteiger partial charge in [-0.3, -0.25) is 19.5 Å². The van der Waals surface area contributed by atoms with Gasteiger partial charge in [-0.25, -0.2) is 9.37 Å². The molecule has 1 aliphatic rings. The summed E-state index contributed by atoms with van der Waals surface area (Å²) in [6.07, 6.45) is 1.53. The Kier molecular flexibility index (Phi) is 5.96. The molecule has 3 heterocycles. The van der Waals surface area contributed by atoms with E-state index in [1.165, 1.54) is 23.2 Å². The van der Waals surface area contributed by atoms with Crippen molar-refractivity contribution in [2.75, 3.05) is 11.5 Å². The zero-order valence-electron chi connectivity index (χ0n) is 18.2. The number of pyridine rings is 1. The Bertz CT molecular complexity index is 1470. The van der Waals surface area contributed by atoms with E-state index in [1.807, 2.05) is 6.92 Å². The summed E-state index contributed by atoms with van der Waals surface area (Å²) >= 11 is 6.93. The summed E-state index contributed by atoms with van der Waals surface area (Å²) in [5.74, 6) is -2.24. The number of rotatable bonds is 5. The predicted molar refractivity (Wildman–Crippen MR) is 131 cm³/mol. The number of ketones is 1. The SMILES string of the molecule is CCOc1cccc(/C(O)=C2\C(=O)C(=O)N(c3nc4cc(Cl)c(F)cc4s3)C2c2ccccn2)c1. The molecule has 1 unspecified atom stereocenters. The highest BCUT2D eigenvalue weighted by Gasteiger charge is 2.48. The largest absolute Gasteiger partial charge is 0.507 e. The Balaban J connectivity index is 1.70. The van der Waals surface area contributed by atoms with E-state index in [0.717, 1.165) is 11.3 Å². The standard InChI is InChI=1S/C25H17ClFN3O4S/c1-2-34-14-7-5-6-13(10-14)22(31)20-21(17-8-3-4-9-28-17)30(24(33)23(20)32)25-29-18-11-15(26)16(27)12-19(18)35-25/h3-12,21,31H,2H2,1H3/b22-20+. The molecule has 0 spiro atoms. The Morgan fingerprint density at radius 1 is 1.20 bits per heavy atom. The third-order valence-corrected chi connectivity index (χ3v) is 6.76. The molecule has 0 bridgehead atoms. The molecule has 2 aromatic carbocycles. The maximum atomic E-state index is 14.0. The fourth-order valence-electron chi connectivity index (χ4n) is 3.92. The van der Waals surface area contributed by atoms with Crippen molar-refractivity contribution in [3.63, 3.8) is 0 Å². The summed E-state index contributed by atoms with van der Waals surface area (Å²) in [5.41, 5.74) is 0.916. The Hall–Kier alpha value is -3.82. The van der Waals surface area contributed by atoms with Crippen LogP contribution in [0.2, 0.25) is 5.02 Å². The minimum atomic E-state index is -1.05. The highest BCUT2D eigenvalue weighted by atomic mass is 35.5. The molecule has 1 aliphatic heterocycles. The van der Waals surface area contributed by atoms with Crippen molar-refractivity contribution in [3.8, 4) is 5.75 Å². The van der Waals surface area contributed by atoms with Gasteiger partial charge >= 0.3 is 5.91 Å². The molecule has 1 fully saturated rings. The number of hydrogen-bond donors (Lipinski definition) is 1. The van der Waals surface area contributed by atoms with Crippen LogP contribution >= 0.6 is 22.9 Å². The number of Topliss-reactive ketones (excluding diaryl/α,β-unsaturated/α-hetero) is 1. The maximum Gasteiger partial charge on any atom is 0.301 e. The number of nitrogens with zero attached hydrogens (tertiary/aromatic N) is 3. The van der Waals surface area contributed by atoms with Gasteiger partial charge in [0.25, 0.3) is 5.78 Å². The smallest absolute Gasteiger partial charge is 0.301 e. The summed E-state index contributed by atoms with van der Waals surface area (Å²) < 4.78 is 20.0. The van der Waals surface area contributed by atoms with Crippen LogP contribution in [0.1, 0.15) is 24.2 Å². The van der Waals surface area contributed by atoms with Gasteiger partial charge in [0.2, 0.25) is 0 Å². The number of amides is 1. The number of benzene rings is 2. The molecule has 1 atom stereocenters. The molecule has 0 saturated carbocycles. The van der Waals surface area contributed by atoms with E-state index in [-0.39, 0.29) is 21.5 Å². The number of fused-ring (bicyclic) bond motifs is 1. The van der Waals surface area contributed by atoms with Crippen LogP contribution < -0.4 is 9.64 Å². The van der Waals surface area contributed by atoms with Crippen LogP contribution in [0.3, 0.4) is 0 Å². The van der Waals surface area contributed by atoms with Gasteiger partial charge in [0, 0.05) is 11.8 Å². The normalized spacial score (nSPS) is 17.3. The van der Waals surface area contributed by atoms with Crippen molar-refractivity contribution in [2.45, 2.75) is 13.0 Å². The van der Waals surface area contributed by atoms with Gasteiger partial charge in [0.1, 0.15) is 23.4 Å². The maximum absolute atomic E-state index is 14.0. The average Bonchev–Trinajstić information content (AvgIpc) is 3.37. The van der Waals surface area contributed by atoms with Crippen LogP contribution in [0, 0.1) is 5.82 Å². The van der Waals surface area contributed by atoms with Crippen molar-refractivity contribution in [1.29, 1.82) is 0 Å². The lowest BCUT2D eigenvalue weighted by atomic mass is 9.98. The lowest BCUT2D eigenvalue weighted by Crippen LogP contribution is -2.29. The van der Waals surface area contributed by atoms with Crippen LogP contribution in [0.25, 0.3) is 16.0 Å². The molecule has 35 heavy (non-hydrogen) atoms. The van der Waals surface area contributed by atoms with Gasteiger partial charge in [-0.05, 0) is 43.3 Å². The molecule has 1 saturated heterocycles. The van der Waals surface area contributed by atoms with E-state index < -0.39 is 23.5 Å². The second-order valence-electron chi connectivity index (χ2n) is 7.62. The van der Waals surface area contributed by atoms with Crippen LogP contribution in [0.15, 0.2) is 66.4 Å². The molecule has 2 aromatic heterocycles. The zero-order valence-corrected chi connectivity index (χ0v) is 19.8. The number of ether oxygens (including phenoxy) is 1. The van der Waals surface area contributed by atoms with E-state index >= 15 is 0 Å². The first-order valence-electron chi connectivity index (χ1n) is 10.6. The van der Waals surface area contributed by atoms with Crippen LogP contribution in [-0.2, 0) is 9.59 Å². The van der Waals surface area contributed by atoms with Crippen LogP contribution in [0.4, 0.5) is 9.52 Å². The number of anilines is 1. The number of thiazole rings is 1. The second-order valence-corrected chi connectivity index (χ2v) is 9.03. The number of carbonyl (C=O) groups excluding carboxylic acids is 2. The summed E-state index contributed by atoms with van der Waals surface area (Å²) in [5, 5.41) is 11.3. The molecule has 10 heteroatoms. The first-order chi connectivity index (χ1) is 16.9. The predicted octanol–water partition coefficient (Wildman–Crippen LogP) is 5.51. The molecule has 176 valence electrons. The van der Waals surface area contributed by atoms with E-state index in [9.17, 15) is 19.1 Å².